The number of hydrogen-bond donors (Lipinski definition) is 0. The lowest BCUT2D eigenvalue weighted by atomic mass is 9.95. The maximum Gasteiger partial charge on any atom is 0.220 e. The summed E-state index contributed by atoms with van der Waals surface area (Å²) in [7, 11) is 7.92. The van der Waals surface area contributed by atoms with E-state index in [1.54, 1.807) is 45.4 Å². The van der Waals surface area contributed by atoms with Gasteiger partial charge in [0.15, 0.2) is 17.2 Å². The molecule has 0 N–H and O–H groups in total. The number of ether oxygens (including phenoxy) is 4. The predicted octanol–water partition coefficient (Wildman–Crippen LogP) is 3.21. The molecule has 7 nitrogen and oxygen atoms in total. The van der Waals surface area contributed by atoms with E-state index < -0.39 is 0 Å². The number of rotatable bonds is 5. The fourth-order valence-corrected chi connectivity index (χ4v) is 4.07. The molecule has 2 aromatic rings. The van der Waals surface area contributed by atoms with E-state index in [1.807, 2.05) is 12.1 Å². The quantitative estimate of drug-likeness (QED) is 0.749. The highest BCUT2D eigenvalue weighted by molar-refractivity contribution is 5.83. The highest BCUT2D eigenvalue weighted by Crippen LogP contribution is 2.50. The molecule has 0 saturated heterocycles. The molecule has 1 aliphatic carbocycles. The second-order valence-corrected chi connectivity index (χ2v) is 7.14. The summed E-state index contributed by atoms with van der Waals surface area (Å²) < 4.78 is 22.1. The van der Waals surface area contributed by atoms with Gasteiger partial charge in [-0.25, -0.2) is 0 Å². The highest BCUT2D eigenvalue weighted by atomic mass is 16.5. The van der Waals surface area contributed by atoms with Crippen LogP contribution < -0.4 is 24.4 Å². The number of carbonyl (C=O) groups excluding carboxylic acids is 1. The van der Waals surface area contributed by atoms with E-state index in [9.17, 15) is 9.59 Å². The van der Waals surface area contributed by atoms with Gasteiger partial charge in [-0.1, -0.05) is 6.07 Å². The van der Waals surface area contributed by atoms with Crippen LogP contribution in [0.25, 0.3) is 11.1 Å². The van der Waals surface area contributed by atoms with Gasteiger partial charge < -0.3 is 23.8 Å². The van der Waals surface area contributed by atoms with Gasteiger partial charge in [-0.05, 0) is 47.7 Å². The lowest BCUT2D eigenvalue weighted by molar-refractivity contribution is -0.129. The fourth-order valence-electron chi connectivity index (χ4n) is 4.07. The van der Waals surface area contributed by atoms with Crippen molar-refractivity contribution in [2.75, 3.05) is 35.5 Å². The highest BCUT2D eigenvalue weighted by Gasteiger charge is 2.31. The van der Waals surface area contributed by atoms with Crippen molar-refractivity contribution in [1.29, 1.82) is 0 Å². The number of nitrogens with zero attached hydrogens (tertiary/aromatic N) is 1. The van der Waals surface area contributed by atoms with Crippen molar-refractivity contribution in [1.82, 2.24) is 4.90 Å². The third-order valence-electron chi connectivity index (χ3n) is 5.65. The molecule has 1 atom stereocenters. The van der Waals surface area contributed by atoms with Crippen molar-refractivity contribution in [3.63, 3.8) is 0 Å². The van der Waals surface area contributed by atoms with Gasteiger partial charge in [0, 0.05) is 19.5 Å². The summed E-state index contributed by atoms with van der Waals surface area (Å²) in [4.78, 5) is 26.6. The first-order valence-electron chi connectivity index (χ1n) is 9.65. The standard InChI is InChI=1S/C23H27NO6/c1-13(25)24(2)17-9-7-14-11-20(28-4)22(29-5)23(30-6)21(14)15-8-10-19(27-3)18(26)12-16(15)17/h8,10-12,17H,7,9H2,1-6H3/t17-/m0/s1. The Labute approximate surface area is 176 Å². The van der Waals surface area contributed by atoms with Crippen LogP contribution in [-0.2, 0) is 11.2 Å². The Kier molecular flexibility index (Phi) is 6.20. The lowest BCUT2D eigenvalue weighted by Gasteiger charge is -2.27. The molecule has 0 bridgehead atoms. The summed E-state index contributed by atoms with van der Waals surface area (Å²) in [5.74, 6) is 1.72. The molecule has 1 amide bonds. The number of amides is 1. The Bertz CT molecular complexity index is 1030. The minimum atomic E-state index is -0.281. The molecule has 3 rings (SSSR count). The summed E-state index contributed by atoms with van der Waals surface area (Å²) in [5.41, 5.74) is 3.10. The van der Waals surface area contributed by atoms with Crippen LogP contribution in [0.2, 0.25) is 0 Å². The Balaban J connectivity index is 2.44. The van der Waals surface area contributed by atoms with Crippen LogP contribution in [-0.4, -0.2) is 46.3 Å². The Hall–Kier alpha value is -3.22. The van der Waals surface area contributed by atoms with Crippen LogP contribution in [0.15, 0.2) is 29.1 Å². The number of methoxy groups -OCH3 is 4. The minimum absolute atomic E-state index is 0.0787. The molecule has 160 valence electrons. The molecule has 30 heavy (non-hydrogen) atoms. The summed E-state index contributed by atoms with van der Waals surface area (Å²) in [6, 6.07) is 6.70. The largest absolute Gasteiger partial charge is 0.493 e. The van der Waals surface area contributed by atoms with Crippen LogP contribution in [0.1, 0.15) is 30.5 Å². The van der Waals surface area contributed by atoms with Crippen molar-refractivity contribution >= 4 is 5.91 Å². The average Bonchev–Trinajstić information content (AvgIpc) is 2.99. The normalized spacial score (nSPS) is 14.7. The van der Waals surface area contributed by atoms with Crippen LogP contribution >= 0.6 is 0 Å². The SMILES string of the molecule is COc1cc2c(c(OC)c1OC)-c1ccc(OC)c(=O)cc1[C@@H](N(C)C(C)=O)CC2. The zero-order chi connectivity index (χ0) is 22.0. The number of benzene rings is 1. The first-order chi connectivity index (χ1) is 14.4. The van der Waals surface area contributed by atoms with E-state index in [4.69, 9.17) is 18.9 Å². The van der Waals surface area contributed by atoms with E-state index in [-0.39, 0.29) is 23.1 Å². The predicted molar refractivity (Wildman–Crippen MR) is 114 cm³/mol. The second kappa shape index (κ2) is 8.65. The molecular weight excluding hydrogens is 386 g/mol. The molecule has 0 saturated carbocycles. The van der Waals surface area contributed by atoms with Crippen LogP contribution in [0.3, 0.4) is 0 Å². The summed E-state index contributed by atoms with van der Waals surface area (Å²) >= 11 is 0. The second-order valence-electron chi connectivity index (χ2n) is 7.14. The number of hydrogen-bond acceptors (Lipinski definition) is 6. The average molecular weight is 413 g/mol. The third kappa shape index (κ3) is 3.56. The minimum Gasteiger partial charge on any atom is -0.493 e. The van der Waals surface area contributed by atoms with Gasteiger partial charge in [-0.3, -0.25) is 9.59 Å². The van der Waals surface area contributed by atoms with Crippen LogP contribution in [0.5, 0.6) is 23.0 Å². The van der Waals surface area contributed by atoms with Gasteiger partial charge in [0.25, 0.3) is 0 Å². The molecule has 0 radical (unpaired) electrons. The van der Waals surface area contributed by atoms with Crippen LogP contribution in [0, 0.1) is 0 Å². The molecule has 0 fully saturated rings. The van der Waals surface area contributed by atoms with Crippen molar-refractivity contribution in [3.05, 3.63) is 45.6 Å². The van der Waals surface area contributed by atoms with E-state index >= 15 is 0 Å². The number of fused-ring (bicyclic) bond motifs is 3. The Morgan fingerprint density at radius 1 is 0.967 bits per heavy atom. The Morgan fingerprint density at radius 2 is 1.63 bits per heavy atom. The molecule has 0 heterocycles. The zero-order valence-corrected chi connectivity index (χ0v) is 18.2. The third-order valence-corrected chi connectivity index (χ3v) is 5.65. The maximum absolute atomic E-state index is 12.8. The summed E-state index contributed by atoms with van der Waals surface area (Å²) in [6.07, 6.45) is 1.30. The molecule has 1 aliphatic rings. The maximum atomic E-state index is 12.8. The molecule has 0 unspecified atom stereocenters. The lowest BCUT2D eigenvalue weighted by Crippen LogP contribution is -2.29. The van der Waals surface area contributed by atoms with Crippen molar-refractivity contribution in [2.24, 2.45) is 0 Å². The van der Waals surface area contributed by atoms with Crippen molar-refractivity contribution in [2.45, 2.75) is 25.8 Å². The van der Waals surface area contributed by atoms with Gasteiger partial charge >= 0.3 is 0 Å². The van der Waals surface area contributed by atoms with Gasteiger partial charge in [-0.15, -0.1) is 0 Å². The molecule has 2 aromatic carbocycles. The zero-order valence-electron chi connectivity index (χ0n) is 18.2. The van der Waals surface area contributed by atoms with E-state index in [0.717, 1.165) is 22.3 Å². The van der Waals surface area contributed by atoms with Gasteiger partial charge in [0.2, 0.25) is 17.1 Å². The number of aryl methyl sites for hydroxylation is 1. The summed E-state index contributed by atoms with van der Waals surface area (Å²) in [5, 5.41) is 0. The van der Waals surface area contributed by atoms with E-state index in [2.05, 4.69) is 0 Å². The fraction of sp³-hybridized carbons (Fsp3) is 0.391. The number of carbonyl (C=O) groups is 1. The smallest absolute Gasteiger partial charge is 0.220 e. The molecule has 7 heteroatoms. The summed E-state index contributed by atoms with van der Waals surface area (Å²) in [6.45, 7) is 1.52. The van der Waals surface area contributed by atoms with Crippen molar-refractivity contribution in [3.8, 4) is 34.1 Å². The topological polar surface area (TPSA) is 74.3 Å². The first kappa shape index (κ1) is 21.5. The van der Waals surface area contributed by atoms with Crippen molar-refractivity contribution < 1.29 is 23.7 Å². The molecular formula is C23H27NO6. The van der Waals surface area contributed by atoms with Gasteiger partial charge in [-0.2, -0.15) is 0 Å². The van der Waals surface area contributed by atoms with Gasteiger partial charge in [0.05, 0.1) is 34.5 Å². The molecule has 0 aliphatic heterocycles. The Morgan fingerprint density at radius 3 is 2.20 bits per heavy atom. The van der Waals surface area contributed by atoms with Gasteiger partial charge in [0.1, 0.15) is 0 Å². The first-order valence-corrected chi connectivity index (χ1v) is 9.65. The monoisotopic (exact) mass is 413 g/mol. The molecule has 0 spiro atoms. The van der Waals surface area contributed by atoms with E-state index in [1.165, 1.54) is 14.0 Å². The van der Waals surface area contributed by atoms with E-state index in [0.29, 0.717) is 30.1 Å². The molecule has 0 aromatic heterocycles. The van der Waals surface area contributed by atoms with Crippen LogP contribution in [0.4, 0.5) is 0 Å².